The molecule has 128 valence electrons. The Morgan fingerprint density at radius 2 is 2.04 bits per heavy atom. The number of hydrogen-bond acceptors (Lipinski definition) is 3. The second-order valence-corrected chi connectivity index (χ2v) is 5.44. The quantitative estimate of drug-likeness (QED) is 0.269. The first kappa shape index (κ1) is 17.3. The molecule has 1 heterocycles. The Balaban J connectivity index is 1.93. The van der Waals surface area contributed by atoms with Crippen molar-refractivity contribution in [3.8, 4) is 0 Å². The van der Waals surface area contributed by atoms with Crippen LogP contribution in [0.1, 0.15) is 18.4 Å². The number of carboxylic acid groups (broad SMARTS) is 1. The number of nitrogens with two attached hydrogens (primary N) is 2. The summed E-state index contributed by atoms with van der Waals surface area (Å²) >= 11 is 0. The van der Waals surface area contributed by atoms with Gasteiger partial charge in [-0.25, -0.2) is 4.79 Å². The van der Waals surface area contributed by atoms with Crippen LogP contribution in [0.2, 0.25) is 0 Å². The van der Waals surface area contributed by atoms with Gasteiger partial charge in [-0.1, -0.05) is 18.2 Å². The first-order valence-corrected chi connectivity index (χ1v) is 7.60. The second-order valence-electron chi connectivity index (χ2n) is 5.44. The number of rotatable bonds is 8. The minimum absolute atomic E-state index is 0.0368. The van der Waals surface area contributed by atoms with Crippen molar-refractivity contribution >= 4 is 28.7 Å². The lowest BCUT2D eigenvalue weighted by molar-refractivity contribution is -0.141. The topological polar surface area (TPSA) is 147 Å². The fourth-order valence-corrected chi connectivity index (χ4v) is 2.46. The van der Waals surface area contributed by atoms with Crippen LogP contribution in [0, 0.1) is 0 Å². The van der Waals surface area contributed by atoms with E-state index in [1.54, 1.807) is 6.20 Å². The minimum Gasteiger partial charge on any atom is -0.480 e. The summed E-state index contributed by atoms with van der Waals surface area (Å²) in [7, 11) is 0. The number of aromatic nitrogens is 1. The molecular weight excluding hydrogens is 310 g/mol. The summed E-state index contributed by atoms with van der Waals surface area (Å²) in [6, 6.07) is 6.66. The number of para-hydroxylation sites is 1. The van der Waals surface area contributed by atoms with Crippen LogP contribution in [0.25, 0.3) is 10.9 Å². The van der Waals surface area contributed by atoms with E-state index in [-0.39, 0.29) is 24.7 Å². The number of benzene rings is 1. The Morgan fingerprint density at radius 3 is 2.75 bits per heavy atom. The second kappa shape index (κ2) is 8.00. The van der Waals surface area contributed by atoms with Crippen molar-refractivity contribution in [2.75, 3.05) is 6.54 Å². The minimum atomic E-state index is -1.08. The van der Waals surface area contributed by atoms with Gasteiger partial charge in [0.25, 0.3) is 0 Å². The van der Waals surface area contributed by atoms with Crippen molar-refractivity contribution in [3.05, 3.63) is 36.0 Å². The van der Waals surface area contributed by atoms with Crippen LogP contribution in [0.4, 0.5) is 0 Å². The molecule has 0 saturated heterocycles. The standard InChI is InChI=1S/C16H21N5O3/c17-16(18)19-7-3-6-13(15(23)24)21-14(22)8-10-9-20-12-5-2-1-4-11(10)12/h1-2,4-5,9,13,20H,3,6-8H2,(H,21,22)(H,23,24)(H4,17,18,19)/t13-/m0/s1. The average molecular weight is 331 g/mol. The highest BCUT2D eigenvalue weighted by Gasteiger charge is 2.20. The van der Waals surface area contributed by atoms with Gasteiger partial charge in [0.05, 0.1) is 6.42 Å². The maximum absolute atomic E-state index is 12.2. The Hall–Kier alpha value is -3.03. The lowest BCUT2D eigenvalue weighted by atomic mass is 10.1. The monoisotopic (exact) mass is 331 g/mol. The maximum Gasteiger partial charge on any atom is 0.326 e. The fraction of sp³-hybridized carbons (Fsp3) is 0.312. The number of amides is 1. The maximum atomic E-state index is 12.2. The van der Waals surface area contributed by atoms with Gasteiger partial charge in [-0.15, -0.1) is 0 Å². The summed E-state index contributed by atoms with van der Waals surface area (Å²) in [5.74, 6) is -1.45. The number of aromatic amines is 1. The molecule has 1 aromatic heterocycles. The number of guanidine groups is 1. The molecule has 8 heteroatoms. The molecule has 24 heavy (non-hydrogen) atoms. The highest BCUT2D eigenvalue weighted by molar-refractivity contribution is 5.90. The van der Waals surface area contributed by atoms with E-state index in [1.807, 2.05) is 24.3 Å². The van der Waals surface area contributed by atoms with E-state index in [0.29, 0.717) is 13.0 Å². The first-order valence-electron chi connectivity index (χ1n) is 7.60. The molecule has 0 spiro atoms. The van der Waals surface area contributed by atoms with E-state index in [2.05, 4.69) is 15.3 Å². The van der Waals surface area contributed by atoms with Crippen molar-refractivity contribution in [3.63, 3.8) is 0 Å². The first-order chi connectivity index (χ1) is 11.5. The van der Waals surface area contributed by atoms with Gasteiger partial charge in [0.2, 0.25) is 5.91 Å². The largest absolute Gasteiger partial charge is 0.480 e. The summed E-state index contributed by atoms with van der Waals surface area (Å²) in [4.78, 5) is 30.3. The number of carbonyl (C=O) groups excluding carboxylic acids is 1. The Labute approximate surface area is 138 Å². The molecule has 7 N–H and O–H groups in total. The summed E-state index contributed by atoms with van der Waals surface area (Å²) in [5, 5.41) is 12.7. The van der Waals surface area contributed by atoms with Gasteiger partial charge in [-0.2, -0.15) is 0 Å². The Morgan fingerprint density at radius 1 is 1.29 bits per heavy atom. The molecule has 1 atom stereocenters. The highest BCUT2D eigenvalue weighted by atomic mass is 16.4. The van der Waals surface area contributed by atoms with Gasteiger partial charge in [0, 0.05) is 23.6 Å². The number of hydrogen-bond donors (Lipinski definition) is 5. The van der Waals surface area contributed by atoms with Gasteiger partial charge in [0.15, 0.2) is 5.96 Å². The summed E-state index contributed by atoms with van der Waals surface area (Å²) in [6.45, 7) is 0.324. The van der Waals surface area contributed by atoms with Gasteiger partial charge in [0.1, 0.15) is 6.04 Å². The van der Waals surface area contributed by atoms with Gasteiger partial charge in [-0.05, 0) is 24.5 Å². The third-order valence-electron chi connectivity index (χ3n) is 3.60. The number of nitrogens with one attached hydrogen (secondary N) is 2. The third kappa shape index (κ3) is 4.73. The Bertz CT molecular complexity index is 749. The lowest BCUT2D eigenvalue weighted by Crippen LogP contribution is -2.41. The van der Waals surface area contributed by atoms with Crippen molar-refractivity contribution in [2.24, 2.45) is 16.5 Å². The summed E-state index contributed by atoms with van der Waals surface area (Å²) in [6.07, 6.45) is 2.59. The third-order valence-corrected chi connectivity index (χ3v) is 3.60. The van der Waals surface area contributed by atoms with Crippen LogP contribution >= 0.6 is 0 Å². The van der Waals surface area contributed by atoms with Crippen LogP contribution in [0.3, 0.4) is 0 Å². The molecule has 2 rings (SSSR count). The molecule has 0 saturated carbocycles. The van der Waals surface area contributed by atoms with Gasteiger partial charge < -0.3 is 26.9 Å². The van der Waals surface area contributed by atoms with E-state index < -0.39 is 12.0 Å². The van der Waals surface area contributed by atoms with Crippen molar-refractivity contribution < 1.29 is 14.7 Å². The molecule has 0 aliphatic carbocycles. The molecule has 0 aliphatic heterocycles. The summed E-state index contributed by atoms with van der Waals surface area (Å²) in [5.41, 5.74) is 12.2. The highest BCUT2D eigenvalue weighted by Crippen LogP contribution is 2.18. The van der Waals surface area contributed by atoms with Gasteiger partial charge in [-0.3, -0.25) is 9.79 Å². The van der Waals surface area contributed by atoms with Crippen molar-refractivity contribution in [2.45, 2.75) is 25.3 Å². The Kier molecular flexibility index (Phi) is 5.78. The summed E-state index contributed by atoms with van der Waals surface area (Å²) < 4.78 is 0. The molecule has 0 radical (unpaired) electrons. The van der Waals surface area contributed by atoms with Crippen molar-refractivity contribution in [1.29, 1.82) is 0 Å². The normalized spacial score (nSPS) is 11.8. The number of carbonyl (C=O) groups is 2. The fourth-order valence-electron chi connectivity index (χ4n) is 2.46. The van der Waals surface area contributed by atoms with Crippen LogP contribution < -0.4 is 16.8 Å². The number of fused-ring (bicyclic) bond motifs is 1. The molecule has 0 fully saturated rings. The number of H-pyrrole nitrogens is 1. The lowest BCUT2D eigenvalue weighted by Gasteiger charge is -2.13. The van der Waals surface area contributed by atoms with Crippen LogP contribution in [-0.2, 0) is 16.0 Å². The van der Waals surface area contributed by atoms with Crippen molar-refractivity contribution in [1.82, 2.24) is 10.3 Å². The predicted molar refractivity (Wildman–Crippen MR) is 91.5 cm³/mol. The van der Waals surface area contributed by atoms with Crippen LogP contribution in [-0.4, -0.2) is 40.5 Å². The number of nitrogens with zero attached hydrogens (tertiary/aromatic N) is 1. The zero-order valence-electron chi connectivity index (χ0n) is 13.2. The molecule has 0 unspecified atom stereocenters. The zero-order valence-corrected chi connectivity index (χ0v) is 13.2. The molecule has 2 aromatic rings. The molecular formula is C16H21N5O3. The van der Waals surface area contributed by atoms with E-state index >= 15 is 0 Å². The zero-order chi connectivity index (χ0) is 17.5. The molecule has 0 bridgehead atoms. The predicted octanol–water partition coefficient (Wildman–Crippen LogP) is 0.333. The van der Waals surface area contributed by atoms with Gasteiger partial charge >= 0.3 is 5.97 Å². The SMILES string of the molecule is NC(N)=NCCC[C@H](NC(=O)Cc1c[nH]c2ccccc12)C(=O)O. The molecule has 1 amide bonds. The number of carboxylic acids is 1. The van der Waals surface area contributed by atoms with E-state index in [4.69, 9.17) is 11.5 Å². The molecule has 1 aromatic carbocycles. The number of aliphatic carboxylic acids is 1. The molecule has 0 aliphatic rings. The average Bonchev–Trinajstić information content (AvgIpc) is 2.93. The number of aliphatic imine (C=N–C) groups is 1. The van der Waals surface area contributed by atoms with Crippen LogP contribution in [0.15, 0.2) is 35.5 Å². The van der Waals surface area contributed by atoms with Crippen LogP contribution in [0.5, 0.6) is 0 Å². The smallest absolute Gasteiger partial charge is 0.326 e. The van der Waals surface area contributed by atoms with E-state index in [1.165, 1.54) is 0 Å². The van der Waals surface area contributed by atoms with E-state index in [9.17, 15) is 14.7 Å². The molecule has 8 nitrogen and oxygen atoms in total. The van der Waals surface area contributed by atoms with E-state index in [0.717, 1.165) is 16.5 Å².